The smallest absolute Gasteiger partial charge is 0.127 e. The largest absolute Gasteiger partial charge is 0.304 e. The number of nitrogens with one attached hydrogen (secondary N) is 1. The highest BCUT2D eigenvalue weighted by Gasteiger charge is 2.13. The lowest BCUT2D eigenvalue weighted by Gasteiger charge is -2.21. The van der Waals surface area contributed by atoms with E-state index in [0.29, 0.717) is 5.56 Å². The molecule has 0 saturated heterocycles. The van der Waals surface area contributed by atoms with Gasteiger partial charge in [0, 0.05) is 17.6 Å². The van der Waals surface area contributed by atoms with Gasteiger partial charge in [-0.25, -0.2) is 4.39 Å². The molecule has 2 heteroatoms. The first-order chi connectivity index (χ1) is 10.1. The number of hydrogen-bond donors (Lipinski definition) is 1. The van der Waals surface area contributed by atoms with E-state index in [4.69, 9.17) is 0 Å². The number of halogens is 1. The van der Waals surface area contributed by atoms with E-state index in [0.717, 1.165) is 12.8 Å². The van der Waals surface area contributed by atoms with Crippen LogP contribution in [0.3, 0.4) is 0 Å². The number of hydrogen-bond acceptors (Lipinski definition) is 1. The van der Waals surface area contributed by atoms with Gasteiger partial charge in [-0.3, -0.25) is 0 Å². The van der Waals surface area contributed by atoms with E-state index in [1.54, 1.807) is 6.07 Å². The van der Waals surface area contributed by atoms with Gasteiger partial charge in [-0.05, 0) is 37.5 Å². The molecule has 0 heterocycles. The SMILES string of the molecule is CCCc1ccc(C(C)N[C@H](C)c2ccccc2F)cc1. The Hall–Kier alpha value is -1.67. The average Bonchev–Trinajstić information content (AvgIpc) is 2.48. The fourth-order valence-corrected chi connectivity index (χ4v) is 2.65. The third kappa shape index (κ3) is 4.15. The number of aryl methyl sites for hydroxylation is 1. The highest BCUT2D eigenvalue weighted by atomic mass is 19.1. The van der Waals surface area contributed by atoms with E-state index in [9.17, 15) is 4.39 Å². The van der Waals surface area contributed by atoms with Crippen molar-refractivity contribution < 1.29 is 4.39 Å². The molecule has 1 unspecified atom stereocenters. The molecule has 1 nitrogen and oxygen atoms in total. The fourth-order valence-electron chi connectivity index (χ4n) is 2.65. The van der Waals surface area contributed by atoms with Crippen molar-refractivity contribution in [3.63, 3.8) is 0 Å². The second-order valence-corrected chi connectivity index (χ2v) is 5.62. The van der Waals surface area contributed by atoms with Crippen LogP contribution in [0.2, 0.25) is 0 Å². The second-order valence-electron chi connectivity index (χ2n) is 5.62. The summed E-state index contributed by atoms with van der Waals surface area (Å²) in [5.41, 5.74) is 3.32. The van der Waals surface area contributed by atoms with Crippen LogP contribution in [0.4, 0.5) is 4.39 Å². The topological polar surface area (TPSA) is 12.0 Å². The first-order valence-corrected chi connectivity index (χ1v) is 7.71. The van der Waals surface area contributed by atoms with Crippen molar-refractivity contribution in [2.75, 3.05) is 0 Å². The monoisotopic (exact) mass is 285 g/mol. The van der Waals surface area contributed by atoms with E-state index >= 15 is 0 Å². The standard InChI is InChI=1S/C19H24FN/c1-4-7-16-10-12-17(13-11-16)14(2)21-15(3)18-8-5-6-9-19(18)20/h5-6,8-15,21H,4,7H2,1-3H3/t14?,15-/m1/s1. The molecule has 2 rings (SSSR count). The van der Waals surface area contributed by atoms with Gasteiger partial charge in [0.05, 0.1) is 0 Å². The average molecular weight is 285 g/mol. The summed E-state index contributed by atoms with van der Waals surface area (Å²) in [5, 5.41) is 3.46. The molecule has 2 atom stereocenters. The first kappa shape index (κ1) is 15.7. The molecule has 0 fully saturated rings. The maximum absolute atomic E-state index is 13.8. The molecule has 2 aromatic carbocycles. The van der Waals surface area contributed by atoms with Crippen LogP contribution in [-0.4, -0.2) is 0 Å². The molecule has 112 valence electrons. The molecule has 0 bridgehead atoms. The molecule has 0 amide bonds. The Morgan fingerprint density at radius 3 is 2.24 bits per heavy atom. The first-order valence-electron chi connectivity index (χ1n) is 7.71. The van der Waals surface area contributed by atoms with Crippen LogP contribution in [0.15, 0.2) is 48.5 Å². The lowest BCUT2D eigenvalue weighted by molar-refractivity contribution is 0.474. The molecule has 0 aliphatic carbocycles. The summed E-state index contributed by atoms with van der Waals surface area (Å²) in [6.07, 6.45) is 2.28. The lowest BCUT2D eigenvalue weighted by Crippen LogP contribution is -2.23. The van der Waals surface area contributed by atoms with Crippen LogP contribution in [0.25, 0.3) is 0 Å². The van der Waals surface area contributed by atoms with Crippen molar-refractivity contribution in [3.05, 3.63) is 71.0 Å². The van der Waals surface area contributed by atoms with Crippen molar-refractivity contribution in [1.29, 1.82) is 0 Å². The van der Waals surface area contributed by atoms with Gasteiger partial charge in [0.1, 0.15) is 5.82 Å². The van der Waals surface area contributed by atoms with E-state index in [1.807, 2.05) is 19.1 Å². The van der Waals surface area contributed by atoms with E-state index < -0.39 is 0 Å². The van der Waals surface area contributed by atoms with Gasteiger partial charge >= 0.3 is 0 Å². The fraction of sp³-hybridized carbons (Fsp3) is 0.368. The van der Waals surface area contributed by atoms with Crippen molar-refractivity contribution in [3.8, 4) is 0 Å². The molecule has 0 aromatic heterocycles. The predicted octanol–water partition coefficient (Wildman–Crippen LogP) is 5.19. The van der Waals surface area contributed by atoms with E-state index in [-0.39, 0.29) is 17.9 Å². The minimum atomic E-state index is -0.150. The lowest BCUT2D eigenvalue weighted by atomic mass is 10.0. The normalized spacial score (nSPS) is 13.9. The van der Waals surface area contributed by atoms with Gasteiger partial charge in [-0.15, -0.1) is 0 Å². The maximum Gasteiger partial charge on any atom is 0.127 e. The summed E-state index contributed by atoms with van der Waals surface area (Å²) in [5.74, 6) is -0.150. The minimum Gasteiger partial charge on any atom is -0.304 e. The summed E-state index contributed by atoms with van der Waals surface area (Å²) < 4.78 is 13.8. The van der Waals surface area contributed by atoms with Gasteiger partial charge in [-0.1, -0.05) is 55.8 Å². The quantitative estimate of drug-likeness (QED) is 0.770. The van der Waals surface area contributed by atoms with Crippen molar-refractivity contribution in [2.45, 2.75) is 45.7 Å². The maximum atomic E-state index is 13.8. The zero-order valence-electron chi connectivity index (χ0n) is 13.1. The Morgan fingerprint density at radius 2 is 1.62 bits per heavy atom. The zero-order chi connectivity index (χ0) is 15.2. The van der Waals surface area contributed by atoms with Crippen LogP contribution >= 0.6 is 0 Å². The Balaban J connectivity index is 2.03. The number of rotatable bonds is 6. The molecule has 2 aromatic rings. The van der Waals surface area contributed by atoms with Crippen molar-refractivity contribution in [2.24, 2.45) is 0 Å². The third-order valence-corrected chi connectivity index (χ3v) is 3.89. The van der Waals surface area contributed by atoms with Gasteiger partial charge in [-0.2, -0.15) is 0 Å². The van der Waals surface area contributed by atoms with Gasteiger partial charge in [0.2, 0.25) is 0 Å². The van der Waals surface area contributed by atoms with Gasteiger partial charge < -0.3 is 5.32 Å². The molecule has 21 heavy (non-hydrogen) atoms. The summed E-state index contributed by atoms with van der Waals surface area (Å²) in [6, 6.07) is 15.8. The molecular formula is C19H24FN. The summed E-state index contributed by atoms with van der Waals surface area (Å²) in [6.45, 7) is 6.31. The molecule has 0 saturated carbocycles. The van der Waals surface area contributed by atoms with Crippen LogP contribution in [-0.2, 0) is 6.42 Å². The van der Waals surface area contributed by atoms with E-state index in [1.165, 1.54) is 17.2 Å². The van der Waals surface area contributed by atoms with Crippen LogP contribution < -0.4 is 5.32 Å². The summed E-state index contributed by atoms with van der Waals surface area (Å²) in [4.78, 5) is 0. The van der Waals surface area contributed by atoms with Crippen LogP contribution in [0.5, 0.6) is 0 Å². The zero-order valence-corrected chi connectivity index (χ0v) is 13.1. The third-order valence-electron chi connectivity index (χ3n) is 3.89. The Kier molecular flexibility index (Phi) is 5.51. The Labute approximate surface area is 127 Å². The molecule has 0 aliphatic heterocycles. The molecule has 1 N–H and O–H groups in total. The Morgan fingerprint density at radius 1 is 0.952 bits per heavy atom. The van der Waals surface area contributed by atoms with Crippen LogP contribution in [0.1, 0.15) is 56.0 Å². The Bertz CT molecular complexity index is 562. The number of benzene rings is 2. The van der Waals surface area contributed by atoms with E-state index in [2.05, 4.69) is 43.4 Å². The highest BCUT2D eigenvalue weighted by molar-refractivity contribution is 5.26. The molecule has 0 aliphatic rings. The minimum absolute atomic E-state index is 0.0171. The second kappa shape index (κ2) is 7.37. The summed E-state index contributed by atoms with van der Waals surface area (Å²) in [7, 11) is 0. The van der Waals surface area contributed by atoms with Gasteiger partial charge in [0.15, 0.2) is 0 Å². The van der Waals surface area contributed by atoms with Gasteiger partial charge in [0.25, 0.3) is 0 Å². The van der Waals surface area contributed by atoms with Crippen LogP contribution in [0, 0.1) is 5.82 Å². The molecular weight excluding hydrogens is 261 g/mol. The highest BCUT2D eigenvalue weighted by Crippen LogP contribution is 2.21. The molecule has 0 spiro atoms. The summed E-state index contributed by atoms with van der Waals surface area (Å²) >= 11 is 0. The molecule has 0 radical (unpaired) electrons. The van der Waals surface area contributed by atoms with Crippen molar-refractivity contribution in [1.82, 2.24) is 5.32 Å². The predicted molar refractivity (Wildman–Crippen MR) is 86.8 cm³/mol. The van der Waals surface area contributed by atoms with Crippen molar-refractivity contribution >= 4 is 0 Å².